The van der Waals surface area contributed by atoms with Gasteiger partial charge in [-0.25, -0.2) is 19.9 Å². The minimum atomic E-state index is -0.761. The van der Waals surface area contributed by atoms with Gasteiger partial charge < -0.3 is 9.55 Å². The second-order valence-electron chi connectivity index (χ2n) is 8.79. The molecule has 1 fully saturated rings. The zero-order chi connectivity index (χ0) is 21.9. The number of hydrogen-bond donors (Lipinski definition) is 1. The lowest BCUT2D eigenvalue weighted by atomic mass is 9.93. The molecule has 2 aliphatic carbocycles. The molecule has 7 rings (SSSR count). The SMILES string of the molecule is Fc1nc(Sc2ncnc3nc[nH]c23)nc(-c2c3c(c4n2C2CCCCC2S4)CCCC3)n1. The molecule has 4 aromatic rings. The maximum absolute atomic E-state index is 14.8. The Labute approximate surface area is 197 Å². The fourth-order valence-electron chi connectivity index (χ4n) is 5.53. The topological polar surface area (TPSA) is 98.1 Å². The third-order valence-electron chi connectivity index (χ3n) is 6.91. The smallest absolute Gasteiger partial charge is 0.313 e. The Hall–Kier alpha value is -2.53. The maximum Gasteiger partial charge on any atom is 0.313 e. The molecule has 0 bridgehead atoms. The summed E-state index contributed by atoms with van der Waals surface area (Å²) in [5.74, 6) is 0.441. The van der Waals surface area contributed by atoms with Gasteiger partial charge in [-0.1, -0.05) is 12.8 Å². The van der Waals surface area contributed by atoms with E-state index in [1.54, 1.807) is 6.33 Å². The van der Waals surface area contributed by atoms with E-state index in [0.717, 1.165) is 25.0 Å². The van der Waals surface area contributed by atoms with E-state index in [2.05, 4.69) is 34.5 Å². The highest BCUT2D eigenvalue weighted by Gasteiger charge is 2.41. The Kier molecular flexibility index (Phi) is 4.68. The van der Waals surface area contributed by atoms with Crippen LogP contribution in [0.1, 0.15) is 55.7 Å². The molecule has 11 heteroatoms. The summed E-state index contributed by atoms with van der Waals surface area (Å²) >= 11 is 3.23. The van der Waals surface area contributed by atoms with Crippen LogP contribution in [0, 0.1) is 6.08 Å². The predicted molar refractivity (Wildman–Crippen MR) is 123 cm³/mol. The number of nitrogens with one attached hydrogen (secondary N) is 1. The third-order valence-corrected chi connectivity index (χ3v) is 9.30. The molecule has 0 spiro atoms. The monoisotopic (exact) mass is 480 g/mol. The Balaban J connectivity index is 1.36. The number of fused-ring (bicyclic) bond motifs is 6. The van der Waals surface area contributed by atoms with Gasteiger partial charge >= 0.3 is 6.08 Å². The number of aromatic amines is 1. The van der Waals surface area contributed by atoms with Crippen molar-refractivity contribution in [2.24, 2.45) is 0 Å². The summed E-state index contributed by atoms with van der Waals surface area (Å²) in [6.07, 6.45) is 11.6. The lowest BCUT2D eigenvalue weighted by Crippen LogP contribution is -2.21. The number of thioether (sulfide) groups is 1. The molecule has 3 aliphatic rings. The van der Waals surface area contributed by atoms with E-state index < -0.39 is 6.08 Å². The van der Waals surface area contributed by atoms with Crippen LogP contribution >= 0.6 is 23.5 Å². The summed E-state index contributed by atoms with van der Waals surface area (Å²) in [4.78, 5) is 28.6. The highest BCUT2D eigenvalue weighted by atomic mass is 32.2. The van der Waals surface area contributed by atoms with Gasteiger partial charge in [0.05, 0.1) is 17.0 Å². The Morgan fingerprint density at radius 3 is 2.82 bits per heavy atom. The molecule has 4 aromatic heterocycles. The molecule has 5 heterocycles. The summed E-state index contributed by atoms with van der Waals surface area (Å²) in [6.45, 7) is 0. The molecule has 8 nitrogen and oxygen atoms in total. The second kappa shape index (κ2) is 7.76. The average Bonchev–Trinajstić information content (AvgIpc) is 3.52. The first-order valence-corrected chi connectivity index (χ1v) is 13.1. The molecule has 1 saturated carbocycles. The minimum Gasteiger partial charge on any atom is -0.341 e. The fraction of sp³-hybridized carbons (Fsp3) is 0.455. The van der Waals surface area contributed by atoms with Crippen molar-refractivity contribution in [3.8, 4) is 11.5 Å². The van der Waals surface area contributed by atoms with Crippen molar-refractivity contribution in [2.45, 2.75) is 77.9 Å². The average molecular weight is 481 g/mol. The summed E-state index contributed by atoms with van der Waals surface area (Å²) in [5.41, 5.74) is 5.01. The van der Waals surface area contributed by atoms with Crippen LogP contribution in [0.3, 0.4) is 0 Å². The van der Waals surface area contributed by atoms with Crippen molar-refractivity contribution in [1.29, 1.82) is 0 Å². The number of aromatic nitrogens is 8. The summed E-state index contributed by atoms with van der Waals surface area (Å²) < 4.78 is 17.2. The van der Waals surface area contributed by atoms with Gasteiger partial charge in [-0.3, -0.25) is 0 Å². The molecule has 0 aromatic carbocycles. The molecular formula is C22H21FN8S2. The van der Waals surface area contributed by atoms with Crippen molar-refractivity contribution in [1.82, 2.24) is 39.5 Å². The molecule has 1 N–H and O–H groups in total. The van der Waals surface area contributed by atoms with E-state index in [0.29, 0.717) is 33.3 Å². The molecule has 2 atom stereocenters. The van der Waals surface area contributed by atoms with Crippen molar-refractivity contribution >= 4 is 34.7 Å². The van der Waals surface area contributed by atoms with Gasteiger partial charge in [0.2, 0.25) is 0 Å². The summed E-state index contributed by atoms with van der Waals surface area (Å²) in [7, 11) is 0. The molecular weight excluding hydrogens is 459 g/mol. The van der Waals surface area contributed by atoms with E-state index >= 15 is 0 Å². The number of rotatable bonds is 3. The Morgan fingerprint density at radius 2 is 1.88 bits per heavy atom. The van der Waals surface area contributed by atoms with Crippen LogP contribution in [-0.2, 0) is 12.8 Å². The molecule has 1 aliphatic heterocycles. The van der Waals surface area contributed by atoms with Gasteiger partial charge in [-0.2, -0.15) is 14.4 Å². The van der Waals surface area contributed by atoms with Crippen molar-refractivity contribution in [2.75, 3.05) is 0 Å². The van der Waals surface area contributed by atoms with E-state index in [1.807, 2.05) is 11.8 Å². The van der Waals surface area contributed by atoms with Crippen LogP contribution in [0.25, 0.3) is 22.7 Å². The van der Waals surface area contributed by atoms with Gasteiger partial charge in [-0.05, 0) is 61.4 Å². The lowest BCUT2D eigenvalue weighted by Gasteiger charge is -2.27. The van der Waals surface area contributed by atoms with Crippen LogP contribution in [0.2, 0.25) is 0 Å². The quantitative estimate of drug-likeness (QED) is 0.419. The summed E-state index contributed by atoms with van der Waals surface area (Å²) in [6, 6.07) is 0.446. The van der Waals surface area contributed by atoms with Gasteiger partial charge in [0.1, 0.15) is 16.9 Å². The highest BCUT2D eigenvalue weighted by molar-refractivity contribution is 8.00. The predicted octanol–water partition coefficient (Wildman–Crippen LogP) is 4.76. The first kappa shape index (κ1) is 19.9. The van der Waals surface area contributed by atoms with Gasteiger partial charge in [0.25, 0.3) is 0 Å². The minimum absolute atomic E-state index is 0.290. The van der Waals surface area contributed by atoms with Crippen LogP contribution in [-0.4, -0.2) is 44.7 Å². The Morgan fingerprint density at radius 1 is 1.00 bits per heavy atom. The normalized spacial score (nSPS) is 21.7. The van der Waals surface area contributed by atoms with E-state index in [9.17, 15) is 4.39 Å². The van der Waals surface area contributed by atoms with Crippen molar-refractivity contribution in [3.63, 3.8) is 0 Å². The van der Waals surface area contributed by atoms with Crippen LogP contribution < -0.4 is 0 Å². The molecule has 33 heavy (non-hydrogen) atoms. The lowest BCUT2D eigenvalue weighted by molar-refractivity contribution is 0.368. The maximum atomic E-state index is 14.8. The van der Waals surface area contributed by atoms with Crippen LogP contribution in [0.4, 0.5) is 4.39 Å². The van der Waals surface area contributed by atoms with Crippen molar-refractivity contribution < 1.29 is 4.39 Å². The molecule has 168 valence electrons. The number of halogens is 1. The number of imidazole rings is 1. The van der Waals surface area contributed by atoms with E-state index in [4.69, 9.17) is 4.98 Å². The zero-order valence-electron chi connectivity index (χ0n) is 17.8. The fourth-order valence-corrected chi connectivity index (χ4v) is 8.00. The van der Waals surface area contributed by atoms with Gasteiger partial charge in [-0.15, -0.1) is 11.8 Å². The number of nitrogens with zero attached hydrogens (tertiary/aromatic N) is 7. The van der Waals surface area contributed by atoms with Gasteiger partial charge in [0, 0.05) is 11.3 Å². The largest absolute Gasteiger partial charge is 0.341 e. The standard InChI is InChI=1S/C22H21FN8S2/c23-21-28-18(29-22(30-21)33-19-15-17(25-9-24-15)26-10-27-19)16-11-5-1-2-6-12(11)20-31(16)13-7-3-4-8-14(13)32-20/h9-10,13-14H,1-8H2,(H,24,25,26,27). The zero-order valence-corrected chi connectivity index (χ0v) is 19.4. The highest BCUT2D eigenvalue weighted by Crippen LogP contribution is 2.54. The molecule has 0 amide bonds. The Bertz CT molecular complexity index is 1380. The first-order valence-electron chi connectivity index (χ1n) is 11.4. The van der Waals surface area contributed by atoms with Crippen LogP contribution in [0.5, 0.6) is 0 Å². The molecule has 0 saturated heterocycles. The third kappa shape index (κ3) is 3.19. The molecule has 0 radical (unpaired) electrons. The summed E-state index contributed by atoms with van der Waals surface area (Å²) in [5, 5.41) is 2.88. The second-order valence-corrected chi connectivity index (χ2v) is 11.0. The number of H-pyrrole nitrogens is 1. The van der Waals surface area contributed by atoms with Crippen molar-refractivity contribution in [3.05, 3.63) is 29.9 Å². The molecule has 2 unspecified atom stereocenters. The number of hydrogen-bond acceptors (Lipinski definition) is 8. The van der Waals surface area contributed by atoms with Crippen LogP contribution in [0.15, 0.2) is 27.9 Å². The first-order chi connectivity index (χ1) is 16.3. The van der Waals surface area contributed by atoms with E-state index in [-0.39, 0.29) is 5.16 Å². The van der Waals surface area contributed by atoms with Gasteiger partial charge in [0.15, 0.2) is 16.6 Å². The van der Waals surface area contributed by atoms with E-state index in [1.165, 1.54) is 66.3 Å².